The van der Waals surface area contributed by atoms with E-state index < -0.39 is 5.97 Å². The van der Waals surface area contributed by atoms with Gasteiger partial charge < -0.3 is 5.11 Å². The Morgan fingerprint density at radius 2 is 2.20 bits per heavy atom. The zero-order valence-electron chi connectivity index (χ0n) is 9.12. The maximum Gasteiger partial charge on any atom is 0.303 e. The Hall–Kier alpha value is -0.840. The number of nitrogens with zero attached hydrogens (tertiary/aromatic N) is 2. The molecule has 0 radical (unpaired) electrons. The van der Waals surface area contributed by atoms with E-state index in [1.54, 1.807) is 0 Å². The molecule has 0 fully saturated rings. The second-order valence-corrected chi connectivity index (χ2v) is 4.50. The van der Waals surface area contributed by atoms with Gasteiger partial charge in [-0.05, 0) is 43.1 Å². The van der Waals surface area contributed by atoms with Crippen LogP contribution in [0.15, 0.2) is 4.47 Å². The van der Waals surface area contributed by atoms with Crippen molar-refractivity contribution in [1.82, 2.24) is 9.78 Å². The van der Waals surface area contributed by atoms with E-state index in [4.69, 9.17) is 5.11 Å². The number of aryl methyl sites for hydroxylation is 1. The SMILES string of the molecule is Cc1nn(C(C)CCC(=O)O)c(C)c1Br. The fourth-order valence-corrected chi connectivity index (χ4v) is 1.79. The van der Waals surface area contributed by atoms with Crippen molar-refractivity contribution in [2.45, 2.75) is 39.7 Å². The summed E-state index contributed by atoms with van der Waals surface area (Å²) in [5.74, 6) is -0.762. The normalized spacial score (nSPS) is 12.8. The van der Waals surface area contributed by atoms with Crippen LogP contribution >= 0.6 is 15.9 Å². The zero-order valence-corrected chi connectivity index (χ0v) is 10.7. The molecule has 0 saturated heterocycles. The molecule has 15 heavy (non-hydrogen) atoms. The second-order valence-electron chi connectivity index (χ2n) is 3.71. The summed E-state index contributed by atoms with van der Waals surface area (Å²) in [6, 6.07) is 0.117. The Kier molecular flexibility index (Phi) is 3.90. The Labute approximate surface area is 97.4 Å². The predicted molar refractivity (Wildman–Crippen MR) is 61.0 cm³/mol. The first-order chi connectivity index (χ1) is 6.93. The van der Waals surface area contributed by atoms with Crippen molar-refractivity contribution in [2.24, 2.45) is 0 Å². The van der Waals surface area contributed by atoms with Crippen molar-refractivity contribution < 1.29 is 9.90 Å². The molecule has 4 nitrogen and oxygen atoms in total. The molecule has 1 N–H and O–H groups in total. The fourth-order valence-electron chi connectivity index (χ4n) is 1.53. The van der Waals surface area contributed by atoms with E-state index in [0.717, 1.165) is 15.9 Å². The lowest BCUT2D eigenvalue weighted by molar-refractivity contribution is -0.137. The topological polar surface area (TPSA) is 55.1 Å². The lowest BCUT2D eigenvalue weighted by Crippen LogP contribution is -2.10. The van der Waals surface area contributed by atoms with Gasteiger partial charge in [0.1, 0.15) is 0 Å². The molecular formula is C10H15BrN2O2. The summed E-state index contributed by atoms with van der Waals surface area (Å²) < 4.78 is 2.88. The standard InChI is InChI=1S/C10H15BrN2O2/c1-6(4-5-9(14)15)13-8(3)10(11)7(2)12-13/h6H,4-5H2,1-3H3,(H,14,15). The van der Waals surface area contributed by atoms with E-state index in [1.165, 1.54) is 0 Å². The molecule has 0 spiro atoms. The number of carboxylic acid groups (broad SMARTS) is 1. The highest BCUT2D eigenvalue weighted by atomic mass is 79.9. The Morgan fingerprint density at radius 1 is 1.60 bits per heavy atom. The zero-order chi connectivity index (χ0) is 11.6. The number of rotatable bonds is 4. The molecule has 1 atom stereocenters. The van der Waals surface area contributed by atoms with Crippen LogP contribution < -0.4 is 0 Å². The van der Waals surface area contributed by atoms with Crippen molar-refractivity contribution in [3.05, 3.63) is 15.9 Å². The molecule has 0 amide bonds. The van der Waals surface area contributed by atoms with Crippen molar-refractivity contribution in [3.63, 3.8) is 0 Å². The van der Waals surface area contributed by atoms with Gasteiger partial charge in [0.25, 0.3) is 0 Å². The van der Waals surface area contributed by atoms with E-state index in [-0.39, 0.29) is 12.5 Å². The van der Waals surface area contributed by atoms with E-state index in [2.05, 4.69) is 21.0 Å². The summed E-state index contributed by atoms with van der Waals surface area (Å²) in [4.78, 5) is 10.5. The number of halogens is 1. The van der Waals surface area contributed by atoms with Gasteiger partial charge in [0, 0.05) is 12.5 Å². The van der Waals surface area contributed by atoms with Crippen molar-refractivity contribution in [3.8, 4) is 0 Å². The van der Waals surface area contributed by atoms with Crippen LogP contribution in [0, 0.1) is 13.8 Å². The summed E-state index contributed by atoms with van der Waals surface area (Å²) in [6.45, 7) is 5.88. The molecule has 0 aliphatic rings. The average molecular weight is 275 g/mol. The number of aromatic nitrogens is 2. The van der Waals surface area contributed by atoms with E-state index in [1.807, 2.05) is 25.5 Å². The van der Waals surface area contributed by atoms with Crippen molar-refractivity contribution in [2.75, 3.05) is 0 Å². The summed E-state index contributed by atoms with van der Waals surface area (Å²) in [5, 5.41) is 13.0. The van der Waals surface area contributed by atoms with Crippen molar-refractivity contribution in [1.29, 1.82) is 0 Å². The molecular weight excluding hydrogens is 260 g/mol. The Balaban J connectivity index is 2.77. The lowest BCUT2D eigenvalue weighted by Gasteiger charge is -2.12. The minimum Gasteiger partial charge on any atom is -0.481 e. The molecule has 0 aromatic carbocycles. The molecule has 1 rings (SSSR count). The van der Waals surface area contributed by atoms with Gasteiger partial charge in [0.2, 0.25) is 0 Å². The number of hydrogen-bond acceptors (Lipinski definition) is 2. The number of hydrogen-bond donors (Lipinski definition) is 1. The third-order valence-electron chi connectivity index (χ3n) is 2.43. The van der Waals surface area contributed by atoms with Crippen LogP contribution in [0.5, 0.6) is 0 Å². The maximum absolute atomic E-state index is 10.5. The Morgan fingerprint density at radius 3 is 2.60 bits per heavy atom. The predicted octanol–water partition coefficient (Wildman–Crippen LogP) is 2.69. The summed E-state index contributed by atoms with van der Waals surface area (Å²) >= 11 is 3.45. The first kappa shape index (κ1) is 12.2. The molecule has 5 heteroatoms. The molecule has 1 unspecified atom stereocenters. The highest BCUT2D eigenvalue weighted by molar-refractivity contribution is 9.10. The highest BCUT2D eigenvalue weighted by Crippen LogP contribution is 2.24. The molecule has 0 bridgehead atoms. The monoisotopic (exact) mass is 274 g/mol. The molecule has 0 aliphatic carbocycles. The van der Waals surface area contributed by atoms with Crippen LogP contribution in [0.25, 0.3) is 0 Å². The van der Waals surface area contributed by atoms with Gasteiger partial charge in [0.15, 0.2) is 0 Å². The van der Waals surface area contributed by atoms with Crippen LogP contribution in [0.1, 0.15) is 37.2 Å². The van der Waals surface area contributed by atoms with E-state index in [0.29, 0.717) is 6.42 Å². The average Bonchev–Trinajstić information content (AvgIpc) is 2.42. The van der Waals surface area contributed by atoms with Crippen molar-refractivity contribution >= 4 is 21.9 Å². The molecule has 0 aliphatic heterocycles. The third-order valence-corrected chi connectivity index (χ3v) is 3.58. The number of aliphatic carboxylic acids is 1. The van der Waals surface area contributed by atoms with Gasteiger partial charge in [-0.25, -0.2) is 0 Å². The van der Waals surface area contributed by atoms with Gasteiger partial charge in [-0.2, -0.15) is 5.10 Å². The summed E-state index contributed by atoms with van der Waals surface area (Å²) in [6.07, 6.45) is 0.779. The quantitative estimate of drug-likeness (QED) is 0.919. The van der Waals surface area contributed by atoms with Crippen LogP contribution in [-0.4, -0.2) is 20.9 Å². The van der Waals surface area contributed by atoms with Crippen LogP contribution in [0.4, 0.5) is 0 Å². The van der Waals surface area contributed by atoms with Gasteiger partial charge in [-0.15, -0.1) is 0 Å². The molecule has 84 valence electrons. The molecule has 0 saturated carbocycles. The van der Waals surface area contributed by atoms with Gasteiger partial charge >= 0.3 is 5.97 Å². The van der Waals surface area contributed by atoms with Gasteiger partial charge in [-0.3, -0.25) is 9.48 Å². The number of carbonyl (C=O) groups is 1. The van der Waals surface area contributed by atoms with E-state index in [9.17, 15) is 4.79 Å². The summed E-state index contributed by atoms with van der Waals surface area (Å²) in [7, 11) is 0. The summed E-state index contributed by atoms with van der Waals surface area (Å²) in [5.41, 5.74) is 1.99. The largest absolute Gasteiger partial charge is 0.481 e. The smallest absolute Gasteiger partial charge is 0.303 e. The fraction of sp³-hybridized carbons (Fsp3) is 0.600. The number of carboxylic acids is 1. The van der Waals surface area contributed by atoms with E-state index >= 15 is 0 Å². The molecule has 1 heterocycles. The minimum atomic E-state index is -0.762. The molecule has 1 aromatic heterocycles. The van der Waals surface area contributed by atoms with Crippen LogP contribution in [0.3, 0.4) is 0 Å². The minimum absolute atomic E-state index is 0.117. The van der Waals surface area contributed by atoms with Gasteiger partial charge in [-0.1, -0.05) is 0 Å². The first-order valence-electron chi connectivity index (χ1n) is 4.86. The van der Waals surface area contributed by atoms with Gasteiger partial charge in [0.05, 0.1) is 15.9 Å². The molecule has 1 aromatic rings. The highest BCUT2D eigenvalue weighted by Gasteiger charge is 2.14. The Bertz CT molecular complexity index is 374. The van der Waals surface area contributed by atoms with Crippen LogP contribution in [-0.2, 0) is 4.79 Å². The van der Waals surface area contributed by atoms with Crippen LogP contribution in [0.2, 0.25) is 0 Å². The first-order valence-corrected chi connectivity index (χ1v) is 5.65. The lowest BCUT2D eigenvalue weighted by atomic mass is 10.2. The third kappa shape index (κ3) is 2.81. The maximum atomic E-state index is 10.5. The second kappa shape index (κ2) is 4.79.